The molecule has 1 aliphatic carbocycles. The fraction of sp³-hybridized carbons (Fsp3) is 0.914. The van der Waals surface area contributed by atoms with E-state index < -0.39 is 98.7 Å². The number of esters is 1. The number of aliphatic hydroxyl groups is 8. The third kappa shape index (κ3) is 13.2. The molecule has 19 nitrogen and oxygen atoms in total. The number of likely N-dealkylation sites (tertiary alicyclic amines) is 1. The summed E-state index contributed by atoms with van der Waals surface area (Å²) in [6.45, 7) is 10.3. The van der Waals surface area contributed by atoms with Crippen molar-refractivity contribution in [2.24, 2.45) is 11.7 Å². The summed E-state index contributed by atoms with van der Waals surface area (Å²) in [6.07, 6.45) is -9.70. The number of carbonyl (C=O) groups excluding carboxylic acids is 2. The van der Waals surface area contributed by atoms with Gasteiger partial charge in [0.15, 0.2) is 12.6 Å². The minimum Gasteiger partial charge on any atom is -0.480 e. The Bertz CT molecular complexity index is 1150. The molecule has 3 saturated heterocycles. The van der Waals surface area contributed by atoms with Crippen molar-refractivity contribution in [1.82, 2.24) is 10.2 Å². The fourth-order valence-electron chi connectivity index (χ4n) is 6.96. The molecule has 0 aromatic heterocycles. The molecule has 316 valence electrons. The lowest BCUT2D eigenvalue weighted by Crippen LogP contribution is -2.64. The number of aliphatic hydroxyl groups excluding tert-OH is 8. The highest BCUT2D eigenvalue weighted by Gasteiger charge is 2.51. The van der Waals surface area contributed by atoms with E-state index in [2.05, 4.69) is 5.32 Å². The number of carboxylic acid groups (broad SMARTS) is 1. The smallest absolute Gasteiger partial charge is 0.326 e. The number of rotatable bonds is 12. The monoisotopic (exact) mass is 783 g/mol. The normalized spacial score (nSPS) is 36.4. The van der Waals surface area contributed by atoms with Crippen LogP contribution in [0.3, 0.4) is 0 Å². The van der Waals surface area contributed by atoms with Gasteiger partial charge in [-0.15, -0.1) is 0 Å². The first-order valence-corrected chi connectivity index (χ1v) is 18.7. The van der Waals surface area contributed by atoms with E-state index in [9.17, 15) is 55.2 Å². The molecule has 4 rings (SSSR count). The van der Waals surface area contributed by atoms with Crippen LogP contribution >= 0.6 is 0 Å². The maximum Gasteiger partial charge on any atom is 0.326 e. The molecule has 0 aromatic carbocycles. The van der Waals surface area contributed by atoms with E-state index in [1.54, 1.807) is 18.7 Å². The number of nitrogens with one attached hydrogen (secondary N) is 1. The van der Waals surface area contributed by atoms with Gasteiger partial charge in [0.25, 0.3) is 0 Å². The van der Waals surface area contributed by atoms with Crippen molar-refractivity contribution in [3.8, 4) is 0 Å². The molecule has 4 fully saturated rings. The van der Waals surface area contributed by atoms with Crippen LogP contribution in [0.15, 0.2) is 0 Å². The van der Waals surface area contributed by atoms with Crippen LogP contribution in [0, 0.1) is 5.92 Å². The van der Waals surface area contributed by atoms with E-state index in [1.165, 1.54) is 0 Å². The first-order chi connectivity index (χ1) is 25.2. The number of carboxylic acids is 1. The van der Waals surface area contributed by atoms with Gasteiger partial charge in [-0.3, -0.25) is 14.9 Å². The minimum absolute atomic E-state index is 0. The Balaban J connectivity index is 0.000000334. The summed E-state index contributed by atoms with van der Waals surface area (Å²) < 4.78 is 20.3. The largest absolute Gasteiger partial charge is 0.480 e. The lowest BCUT2D eigenvalue weighted by molar-refractivity contribution is -0.355. The van der Waals surface area contributed by atoms with E-state index >= 15 is 0 Å². The predicted molar refractivity (Wildman–Crippen MR) is 189 cm³/mol. The summed E-state index contributed by atoms with van der Waals surface area (Å²) in [4.78, 5) is 38.5. The highest BCUT2D eigenvalue weighted by molar-refractivity contribution is 5.88. The molecular weight excluding hydrogens is 718 g/mol. The van der Waals surface area contributed by atoms with Gasteiger partial charge in [0.1, 0.15) is 60.9 Å². The minimum atomic E-state index is -1.74. The maximum atomic E-state index is 13.1. The molecule has 3 heterocycles. The van der Waals surface area contributed by atoms with Gasteiger partial charge in [-0.2, -0.15) is 0 Å². The Morgan fingerprint density at radius 3 is 2.02 bits per heavy atom. The predicted octanol–water partition coefficient (Wildman–Crippen LogP) is -2.71. The van der Waals surface area contributed by atoms with Crippen molar-refractivity contribution in [1.29, 1.82) is 0 Å². The molecule has 12 N–H and O–H groups in total. The highest BCUT2D eigenvalue weighted by Crippen LogP contribution is 2.40. The van der Waals surface area contributed by atoms with Crippen LogP contribution in [0.25, 0.3) is 0 Å². The van der Waals surface area contributed by atoms with Crippen molar-refractivity contribution >= 4 is 17.8 Å². The van der Waals surface area contributed by atoms with Crippen LogP contribution in [-0.2, 0) is 33.3 Å². The fourth-order valence-corrected chi connectivity index (χ4v) is 6.96. The summed E-state index contributed by atoms with van der Waals surface area (Å²) in [5, 5.41) is 89.2. The Morgan fingerprint density at radius 2 is 1.48 bits per heavy atom. The van der Waals surface area contributed by atoms with E-state index in [0.717, 1.165) is 32.1 Å². The van der Waals surface area contributed by atoms with Crippen LogP contribution in [0.5, 0.6) is 0 Å². The number of nitrogens with two attached hydrogens (primary N) is 1. The highest BCUT2D eigenvalue weighted by atomic mass is 16.7. The topological polar surface area (TPSA) is 311 Å². The quantitative estimate of drug-likeness (QED) is 0.0897. The number of fused-ring (bicyclic) bond motifs is 1. The molecule has 1 saturated carbocycles. The van der Waals surface area contributed by atoms with Gasteiger partial charge in [0, 0.05) is 11.6 Å². The van der Waals surface area contributed by atoms with Crippen LogP contribution < -0.4 is 11.1 Å². The van der Waals surface area contributed by atoms with Gasteiger partial charge >= 0.3 is 11.9 Å². The number of carbonyl (C=O) groups is 3. The number of nitrogens with zero attached hydrogens (tertiary/aromatic N) is 1. The van der Waals surface area contributed by atoms with Crippen LogP contribution in [0.2, 0.25) is 0 Å². The van der Waals surface area contributed by atoms with Gasteiger partial charge < -0.3 is 75.5 Å². The zero-order valence-corrected chi connectivity index (χ0v) is 32.1. The lowest BCUT2D eigenvalue weighted by Gasteiger charge is -2.45. The Morgan fingerprint density at radius 1 is 0.889 bits per heavy atom. The average molecular weight is 784 g/mol. The molecule has 1 amide bonds. The molecule has 0 aromatic rings. The number of hydrogen-bond acceptors (Lipinski definition) is 17. The Hall–Kier alpha value is -2.11. The van der Waals surface area contributed by atoms with E-state index in [1.807, 2.05) is 27.7 Å². The van der Waals surface area contributed by atoms with E-state index in [4.69, 9.17) is 29.8 Å². The molecular formula is C35H65N3O16. The van der Waals surface area contributed by atoms with Gasteiger partial charge in [0.05, 0.1) is 25.9 Å². The average Bonchev–Trinajstić information content (AvgIpc) is 3.51. The summed E-state index contributed by atoms with van der Waals surface area (Å²) >= 11 is 0. The number of amides is 1. The summed E-state index contributed by atoms with van der Waals surface area (Å²) in [5.41, 5.74) is 5.35. The van der Waals surface area contributed by atoms with E-state index in [-0.39, 0.29) is 29.4 Å². The van der Waals surface area contributed by atoms with Gasteiger partial charge in [-0.25, -0.2) is 4.79 Å². The third-order valence-electron chi connectivity index (χ3n) is 9.58. The molecule has 54 heavy (non-hydrogen) atoms. The van der Waals surface area contributed by atoms with E-state index in [0.29, 0.717) is 19.4 Å². The Kier molecular flexibility index (Phi) is 19.6. The van der Waals surface area contributed by atoms with Crippen molar-refractivity contribution in [3.05, 3.63) is 0 Å². The zero-order chi connectivity index (χ0) is 41.1. The first-order valence-electron chi connectivity index (χ1n) is 18.7. The van der Waals surface area contributed by atoms with Crippen molar-refractivity contribution in [2.45, 2.75) is 178 Å². The molecule has 3 aliphatic heterocycles. The summed E-state index contributed by atoms with van der Waals surface area (Å²) in [6, 6.07) is -1.92. The molecule has 0 unspecified atom stereocenters. The summed E-state index contributed by atoms with van der Waals surface area (Å²) in [7, 11) is 0. The number of aliphatic carboxylic acids is 1. The van der Waals surface area contributed by atoms with Gasteiger partial charge in [0.2, 0.25) is 5.91 Å². The second kappa shape index (κ2) is 22.0. The Labute approximate surface area is 316 Å². The van der Waals surface area contributed by atoms with Crippen molar-refractivity contribution in [3.63, 3.8) is 0 Å². The first kappa shape index (κ1) is 48.0. The molecule has 0 bridgehead atoms. The van der Waals surface area contributed by atoms with Crippen LogP contribution in [0.1, 0.15) is 86.5 Å². The molecule has 0 spiro atoms. The van der Waals surface area contributed by atoms with Crippen molar-refractivity contribution < 1.29 is 79.3 Å². The van der Waals surface area contributed by atoms with Crippen LogP contribution in [0.4, 0.5) is 0 Å². The standard InChI is InChI=1S/C19H32N2O5.C12H22O11.C4H11N/c1-4-8-14(19(25)26-5-2)20-12(3)17(22)21-15-10-7-6-9-13(15)11-16(21)18(23)24;13-1-3-5(15)6(16)9(19)12(22-3)23-10-4(2-14)21-11(20)8(18)7(10)17;1-4(2,3)5/h12-16,20H,4-11H2,1-3H3,(H,23,24);3-20H,1-2H2;5H2,1-3H3/t12-,13-,14-,15-,16-;3-,4-,5+,6+,7-,8-,9-,10-,11-,12+;/m01./s1. The van der Waals surface area contributed by atoms with Crippen LogP contribution in [-0.4, -0.2) is 180 Å². The molecule has 19 heteroatoms. The third-order valence-corrected chi connectivity index (χ3v) is 9.58. The maximum absolute atomic E-state index is 13.1. The van der Waals surface area contributed by atoms with Gasteiger partial charge in [-0.1, -0.05) is 26.2 Å². The summed E-state index contributed by atoms with van der Waals surface area (Å²) in [5.74, 6) is -1.24. The molecule has 4 aliphatic rings. The van der Waals surface area contributed by atoms with Crippen molar-refractivity contribution in [2.75, 3.05) is 19.8 Å². The number of hydrogen-bond donors (Lipinski definition) is 11. The second-order valence-corrected chi connectivity index (χ2v) is 15.3. The zero-order valence-electron chi connectivity index (χ0n) is 32.1. The SMILES string of the molecule is CC(C)(C)N.CCC[C@H](N[C@@H](C)C(=O)N1[C@H](C(=O)O)C[C@@H]2CCCC[C@@H]21)C(=O)OCC.OC[C@H]1O[C@@H](O[C@H]2[C@H](O)[C@@H](O)[C@H](O)O[C@@H]2CO)[C@H](O)[C@@H](O)[C@H]1O. The lowest BCUT2D eigenvalue weighted by atomic mass is 9.84. The van der Waals surface area contributed by atoms with Gasteiger partial charge in [-0.05, 0) is 66.2 Å². The molecule has 15 atom stereocenters. The number of ether oxygens (including phenoxy) is 4. The molecule has 0 radical (unpaired) electrons. The second-order valence-electron chi connectivity index (χ2n) is 15.3.